The molecule has 2 aliphatic rings. The van der Waals surface area contributed by atoms with E-state index in [2.05, 4.69) is 18.7 Å². The minimum atomic E-state index is -0.639. The third-order valence-electron chi connectivity index (χ3n) is 4.91. The summed E-state index contributed by atoms with van der Waals surface area (Å²) >= 11 is 0. The van der Waals surface area contributed by atoms with Crippen molar-refractivity contribution < 1.29 is 14.6 Å². The van der Waals surface area contributed by atoms with Crippen molar-refractivity contribution >= 4 is 5.78 Å². The Morgan fingerprint density at radius 2 is 1.95 bits per heavy atom. The van der Waals surface area contributed by atoms with Gasteiger partial charge in [0, 0.05) is 50.5 Å². The van der Waals surface area contributed by atoms with Crippen LogP contribution in [0.15, 0.2) is 0 Å². The van der Waals surface area contributed by atoms with E-state index in [0.717, 1.165) is 25.8 Å². The molecule has 0 spiro atoms. The van der Waals surface area contributed by atoms with Crippen LogP contribution in [0.5, 0.6) is 0 Å². The highest BCUT2D eigenvalue weighted by molar-refractivity contribution is 5.87. The molecule has 1 aliphatic carbocycles. The number of rotatable bonds is 4. The standard InChI is InChI=1S/C16H29NO3/c1-15(2)6-4-5-13(14(15)18)11-17(3)12-16(19)7-9-20-10-8-16/h13,19H,4-12H2,1-3H3. The first-order valence-corrected chi connectivity index (χ1v) is 7.85. The topological polar surface area (TPSA) is 49.8 Å². The lowest BCUT2D eigenvalue weighted by atomic mass is 9.71. The molecule has 0 aromatic rings. The van der Waals surface area contributed by atoms with Crippen LogP contribution in [0.2, 0.25) is 0 Å². The van der Waals surface area contributed by atoms with Gasteiger partial charge in [-0.2, -0.15) is 0 Å². The van der Waals surface area contributed by atoms with Gasteiger partial charge in [0.1, 0.15) is 5.78 Å². The van der Waals surface area contributed by atoms with Crippen molar-refractivity contribution in [2.24, 2.45) is 11.3 Å². The third-order valence-corrected chi connectivity index (χ3v) is 4.91. The Morgan fingerprint density at radius 3 is 2.60 bits per heavy atom. The van der Waals surface area contributed by atoms with Crippen molar-refractivity contribution in [1.82, 2.24) is 4.90 Å². The molecule has 1 aliphatic heterocycles. The maximum atomic E-state index is 12.4. The number of carbonyl (C=O) groups is 1. The van der Waals surface area contributed by atoms with Gasteiger partial charge < -0.3 is 14.7 Å². The average molecular weight is 283 g/mol. The molecule has 1 atom stereocenters. The molecule has 1 saturated heterocycles. The summed E-state index contributed by atoms with van der Waals surface area (Å²) in [7, 11) is 2.02. The summed E-state index contributed by atoms with van der Waals surface area (Å²) in [5.41, 5.74) is -0.806. The molecule has 1 N–H and O–H groups in total. The lowest BCUT2D eigenvalue weighted by Crippen LogP contribution is -2.48. The number of Topliss-reactive ketones (excluding diaryl/α,β-unsaturated/α-hetero) is 1. The number of aliphatic hydroxyl groups is 1. The zero-order valence-electron chi connectivity index (χ0n) is 13.2. The molecule has 0 aromatic carbocycles. The molecule has 0 radical (unpaired) electrons. The van der Waals surface area contributed by atoms with Gasteiger partial charge in [0.25, 0.3) is 0 Å². The van der Waals surface area contributed by atoms with E-state index in [0.29, 0.717) is 38.4 Å². The molecule has 4 heteroatoms. The smallest absolute Gasteiger partial charge is 0.142 e. The van der Waals surface area contributed by atoms with Gasteiger partial charge in [-0.05, 0) is 19.9 Å². The maximum absolute atomic E-state index is 12.4. The van der Waals surface area contributed by atoms with Crippen molar-refractivity contribution in [2.45, 2.75) is 51.6 Å². The lowest BCUT2D eigenvalue weighted by Gasteiger charge is -2.39. The van der Waals surface area contributed by atoms with Gasteiger partial charge >= 0.3 is 0 Å². The van der Waals surface area contributed by atoms with E-state index >= 15 is 0 Å². The first-order chi connectivity index (χ1) is 9.32. The molecule has 1 unspecified atom stereocenters. The number of likely N-dealkylation sites (N-methyl/N-ethyl adjacent to an activating group) is 1. The van der Waals surface area contributed by atoms with Crippen LogP contribution in [-0.2, 0) is 9.53 Å². The van der Waals surface area contributed by atoms with Crippen molar-refractivity contribution in [3.63, 3.8) is 0 Å². The number of carbonyl (C=O) groups excluding carboxylic acids is 1. The van der Waals surface area contributed by atoms with Crippen molar-refractivity contribution in [1.29, 1.82) is 0 Å². The molecule has 20 heavy (non-hydrogen) atoms. The third kappa shape index (κ3) is 3.80. The monoisotopic (exact) mass is 283 g/mol. The Hall–Kier alpha value is -0.450. The summed E-state index contributed by atoms with van der Waals surface area (Å²) in [4.78, 5) is 14.6. The van der Waals surface area contributed by atoms with Crippen LogP contribution in [0.1, 0.15) is 46.0 Å². The van der Waals surface area contributed by atoms with Crippen LogP contribution in [0.25, 0.3) is 0 Å². The Kier molecular flexibility index (Phi) is 4.88. The van der Waals surface area contributed by atoms with E-state index in [1.165, 1.54) is 0 Å². The Balaban J connectivity index is 1.87. The fraction of sp³-hybridized carbons (Fsp3) is 0.938. The second kappa shape index (κ2) is 6.12. The molecule has 116 valence electrons. The zero-order valence-corrected chi connectivity index (χ0v) is 13.2. The Labute approximate surface area is 122 Å². The zero-order chi connectivity index (χ0) is 14.8. The van der Waals surface area contributed by atoms with Gasteiger partial charge in [-0.25, -0.2) is 0 Å². The van der Waals surface area contributed by atoms with Crippen LogP contribution in [-0.4, -0.2) is 54.7 Å². The van der Waals surface area contributed by atoms with Crippen LogP contribution in [0.3, 0.4) is 0 Å². The summed E-state index contributed by atoms with van der Waals surface area (Å²) in [6.45, 7) is 6.81. The number of ether oxygens (including phenoxy) is 1. The number of nitrogens with zero attached hydrogens (tertiary/aromatic N) is 1. The molecule has 0 amide bonds. The Bertz CT molecular complexity index is 348. The van der Waals surface area contributed by atoms with Gasteiger partial charge in [0.15, 0.2) is 0 Å². The quantitative estimate of drug-likeness (QED) is 0.855. The average Bonchev–Trinajstić information content (AvgIpc) is 2.35. The molecule has 0 aromatic heterocycles. The predicted octanol–water partition coefficient (Wildman–Crippen LogP) is 1.86. The molecular formula is C16H29NO3. The van der Waals surface area contributed by atoms with Gasteiger partial charge in [-0.15, -0.1) is 0 Å². The number of ketones is 1. The highest BCUT2D eigenvalue weighted by Crippen LogP contribution is 2.35. The lowest BCUT2D eigenvalue weighted by molar-refractivity contribution is -0.135. The van der Waals surface area contributed by atoms with Crippen molar-refractivity contribution in [3.8, 4) is 0 Å². The fourth-order valence-electron chi connectivity index (χ4n) is 3.62. The number of hydrogen-bond acceptors (Lipinski definition) is 4. The largest absolute Gasteiger partial charge is 0.388 e. The highest BCUT2D eigenvalue weighted by Gasteiger charge is 2.38. The van der Waals surface area contributed by atoms with E-state index in [4.69, 9.17) is 4.74 Å². The minimum Gasteiger partial charge on any atom is -0.388 e. The molecular weight excluding hydrogens is 254 g/mol. The highest BCUT2D eigenvalue weighted by atomic mass is 16.5. The number of hydrogen-bond donors (Lipinski definition) is 1. The minimum absolute atomic E-state index is 0.132. The van der Waals surface area contributed by atoms with Gasteiger partial charge in [0.2, 0.25) is 0 Å². The maximum Gasteiger partial charge on any atom is 0.142 e. The summed E-state index contributed by atoms with van der Waals surface area (Å²) in [5, 5.41) is 10.5. The van der Waals surface area contributed by atoms with E-state index < -0.39 is 5.60 Å². The molecule has 1 saturated carbocycles. The van der Waals surface area contributed by atoms with Gasteiger partial charge in [-0.3, -0.25) is 4.79 Å². The Morgan fingerprint density at radius 1 is 1.30 bits per heavy atom. The van der Waals surface area contributed by atoms with Crippen molar-refractivity contribution in [2.75, 3.05) is 33.4 Å². The van der Waals surface area contributed by atoms with E-state index in [-0.39, 0.29) is 11.3 Å². The van der Waals surface area contributed by atoms with Crippen LogP contribution in [0, 0.1) is 11.3 Å². The first-order valence-electron chi connectivity index (χ1n) is 7.85. The van der Waals surface area contributed by atoms with Crippen LogP contribution in [0.4, 0.5) is 0 Å². The summed E-state index contributed by atoms with van der Waals surface area (Å²) in [5.74, 6) is 0.529. The molecule has 0 bridgehead atoms. The fourth-order valence-corrected chi connectivity index (χ4v) is 3.62. The van der Waals surface area contributed by atoms with Gasteiger partial charge in [-0.1, -0.05) is 20.3 Å². The second-order valence-corrected chi connectivity index (χ2v) is 7.37. The molecule has 2 rings (SSSR count). The summed E-state index contributed by atoms with van der Waals surface area (Å²) < 4.78 is 5.31. The van der Waals surface area contributed by atoms with Gasteiger partial charge in [0.05, 0.1) is 5.60 Å². The van der Waals surface area contributed by atoms with Crippen LogP contribution >= 0.6 is 0 Å². The summed E-state index contributed by atoms with van der Waals surface area (Å²) in [6, 6.07) is 0. The summed E-state index contributed by atoms with van der Waals surface area (Å²) in [6.07, 6.45) is 4.53. The SMILES string of the molecule is CN(CC1CCCC(C)(C)C1=O)CC1(O)CCOCC1. The first kappa shape index (κ1) is 15.9. The second-order valence-electron chi connectivity index (χ2n) is 7.37. The van der Waals surface area contributed by atoms with E-state index in [1.54, 1.807) is 0 Å². The molecule has 2 fully saturated rings. The van der Waals surface area contributed by atoms with E-state index in [9.17, 15) is 9.90 Å². The molecule has 1 heterocycles. The van der Waals surface area contributed by atoms with E-state index in [1.807, 2.05) is 7.05 Å². The van der Waals surface area contributed by atoms with Crippen LogP contribution < -0.4 is 0 Å². The normalized spacial score (nSPS) is 29.6. The molecule has 4 nitrogen and oxygen atoms in total. The predicted molar refractivity (Wildman–Crippen MR) is 78.6 cm³/mol. The van der Waals surface area contributed by atoms with Crippen molar-refractivity contribution in [3.05, 3.63) is 0 Å².